The lowest BCUT2D eigenvalue weighted by Crippen LogP contribution is -2.02. The third-order valence-electron chi connectivity index (χ3n) is 2.80. The van der Waals surface area contributed by atoms with Gasteiger partial charge in [-0.2, -0.15) is 0 Å². The van der Waals surface area contributed by atoms with Crippen LogP contribution in [0.25, 0.3) is 21.9 Å². The van der Waals surface area contributed by atoms with Crippen molar-refractivity contribution in [1.82, 2.24) is 0 Å². The zero-order valence-corrected chi connectivity index (χ0v) is 9.04. The molecule has 5 heteroatoms. The zero-order valence-electron chi connectivity index (χ0n) is 9.04. The fourth-order valence-electron chi connectivity index (χ4n) is 1.92. The Labute approximate surface area is 100 Å². The predicted molar refractivity (Wildman–Crippen MR) is 65.0 cm³/mol. The average molecular weight is 244 g/mol. The Morgan fingerprint density at radius 1 is 0.944 bits per heavy atom. The van der Waals surface area contributed by atoms with Crippen LogP contribution in [0.1, 0.15) is 0 Å². The second kappa shape index (κ2) is 3.40. The molecule has 0 unspecified atom stereocenters. The van der Waals surface area contributed by atoms with Gasteiger partial charge in [0.25, 0.3) is 0 Å². The van der Waals surface area contributed by atoms with E-state index in [1.54, 1.807) is 24.3 Å². The smallest absolute Gasteiger partial charge is 0.204 e. The van der Waals surface area contributed by atoms with E-state index >= 15 is 0 Å². The van der Waals surface area contributed by atoms with Crippen LogP contribution in [-0.2, 0) is 0 Å². The maximum Gasteiger partial charge on any atom is 0.204 e. The fourth-order valence-corrected chi connectivity index (χ4v) is 1.92. The molecule has 0 atom stereocenters. The molecule has 3 aromatic rings. The van der Waals surface area contributed by atoms with Crippen molar-refractivity contribution in [3.63, 3.8) is 0 Å². The highest BCUT2D eigenvalue weighted by atomic mass is 16.3. The van der Waals surface area contributed by atoms with Gasteiger partial charge in [0.05, 0.1) is 5.39 Å². The number of fused-ring (bicyclic) bond motifs is 2. The first-order chi connectivity index (χ1) is 8.59. The number of hydrogen-bond donors (Lipinski definition) is 3. The van der Waals surface area contributed by atoms with Crippen molar-refractivity contribution in [3.05, 3.63) is 40.6 Å². The second-order valence-corrected chi connectivity index (χ2v) is 3.89. The largest absolute Gasteiger partial charge is 0.504 e. The average Bonchev–Trinajstić information content (AvgIpc) is 2.36. The highest BCUT2D eigenvalue weighted by molar-refractivity contribution is 5.95. The van der Waals surface area contributed by atoms with Gasteiger partial charge < -0.3 is 19.7 Å². The van der Waals surface area contributed by atoms with Gasteiger partial charge in [-0.05, 0) is 12.1 Å². The Bertz CT molecular complexity index is 832. The van der Waals surface area contributed by atoms with Crippen LogP contribution in [0.15, 0.2) is 39.5 Å². The predicted octanol–water partition coefficient (Wildman–Crippen LogP) is 2.06. The van der Waals surface area contributed by atoms with E-state index in [0.717, 1.165) is 6.07 Å². The third kappa shape index (κ3) is 1.24. The molecule has 90 valence electrons. The van der Waals surface area contributed by atoms with Crippen molar-refractivity contribution in [2.45, 2.75) is 0 Å². The van der Waals surface area contributed by atoms with Gasteiger partial charge in [-0.3, -0.25) is 4.79 Å². The summed E-state index contributed by atoms with van der Waals surface area (Å²) in [5.74, 6) is -1.95. The summed E-state index contributed by atoms with van der Waals surface area (Å²) in [4.78, 5) is 12.2. The maximum absolute atomic E-state index is 12.2. The van der Waals surface area contributed by atoms with Gasteiger partial charge in [0.1, 0.15) is 16.6 Å². The van der Waals surface area contributed by atoms with Crippen LogP contribution in [-0.4, -0.2) is 15.3 Å². The van der Waals surface area contributed by atoms with Gasteiger partial charge >= 0.3 is 0 Å². The van der Waals surface area contributed by atoms with Gasteiger partial charge in [0, 0.05) is 6.07 Å². The molecule has 0 aliphatic heterocycles. The number of hydrogen-bond acceptors (Lipinski definition) is 5. The summed E-state index contributed by atoms with van der Waals surface area (Å²) in [6, 6.07) is 7.64. The molecule has 0 radical (unpaired) electrons. The van der Waals surface area contributed by atoms with Gasteiger partial charge in [-0.15, -0.1) is 0 Å². The van der Waals surface area contributed by atoms with E-state index in [-0.39, 0.29) is 11.0 Å². The molecular formula is C13H8O5. The number of phenols is 3. The summed E-state index contributed by atoms with van der Waals surface area (Å²) in [5.41, 5.74) is -0.0920. The van der Waals surface area contributed by atoms with Crippen LogP contribution in [0.2, 0.25) is 0 Å². The SMILES string of the molecule is O=c1c2ccccc2oc2cc(O)c(O)c(O)c12. The molecule has 2 aromatic carbocycles. The van der Waals surface area contributed by atoms with Crippen molar-refractivity contribution in [1.29, 1.82) is 0 Å². The van der Waals surface area contributed by atoms with E-state index in [9.17, 15) is 20.1 Å². The quantitative estimate of drug-likeness (QED) is 0.416. The molecule has 0 fully saturated rings. The normalized spacial score (nSPS) is 11.1. The molecule has 5 nitrogen and oxygen atoms in total. The summed E-state index contributed by atoms with van der Waals surface area (Å²) in [5, 5.41) is 28.7. The molecular weight excluding hydrogens is 236 g/mol. The molecule has 3 rings (SSSR count). The standard InChI is InChI=1S/C13H8O5/c14-7-5-9-10(13(17)12(7)16)11(15)6-3-1-2-4-8(6)18-9/h1-5,14,16-17H. The monoisotopic (exact) mass is 244 g/mol. The topological polar surface area (TPSA) is 90.9 Å². The molecule has 0 aliphatic carbocycles. The number of benzene rings is 2. The van der Waals surface area contributed by atoms with E-state index < -0.39 is 22.7 Å². The third-order valence-corrected chi connectivity index (χ3v) is 2.80. The van der Waals surface area contributed by atoms with Crippen molar-refractivity contribution < 1.29 is 19.7 Å². The summed E-state index contributed by atoms with van der Waals surface area (Å²) in [6.45, 7) is 0. The summed E-state index contributed by atoms with van der Waals surface area (Å²) >= 11 is 0. The Kier molecular flexibility index (Phi) is 1.98. The lowest BCUT2D eigenvalue weighted by atomic mass is 10.1. The van der Waals surface area contributed by atoms with Crippen molar-refractivity contribution in [2.75, 3.05) is 0 Å². The Balaban J connectivity index is 2.65. The minimum absolute atomic E-state index is 0.0199. The fraction of sp³-hybridized carbons (Fsp3) is 0. The van der Waals surface area contributed by atoms with Crippen LogP contribution >= 0.6 is 0 Å². The Hall–Kier alpha value is -2.69. The van der Waals surface area contributed by atoms with Gasteiger partial charge in [-0.25, -0.2) is 0 Å². The molecule has 1 aromatic heterocycles. The zero-order chi connectivity index (χ0) is 12.9. The second-order valence-electron chi connectivity index (χ2n) is 3.89. The minimum Gasteiger partial charge on any atom is -0.504 e. The molecule has 18 heavy (non-hydrogen) atoms. The highest BCUT2D eigenvalue weighted by Crippen LogP contribution is 2.40. The van der Waals surface area contributed by atoms with Crippen LogP contribution in [0.3, 0.4) is 0 Å². The van der Waals surface area contributed by atoms with Gasteiger partial charge in [0.15, 0.2) is 11.5 Å². The summed E-state index contributed by atoms with van der Waals surface area (Å²) in [6.07, 6.45) is 0. The van der Waals surface area contributed by atoms with Crippen molar-refractivity contribution in [2.24, 2.45) is 0 Å². The number of aromatic hydroxyl groups is 3. The first kappa shape index (κ1) is 10.5. The first-order valence-electron chi connectivity index (χ1n) is 5.19. The van der Waals surface area contributed by atoms with E-state index in [4.69, 9.17) is 4.42 Å². The first-order valence-corrected chi connectivity index (χ1v) is 5.19. The van der Waals surface area contributed by atoms with Crippen molar-refractivity contribution >= 4 is 21.9 Å². The summed E-state index contributed by atoms with van der Waals surface area (Å²) < 4.78 is 5.41. The molecule has 0 aliphatic rings. The van der Waals surface area contributed by atoms with Crippen LogP contribution in [0, 0.1) is 0 Å². The van der Waals surface area contributed by atoms with Crippen LogP contribution in [0.4, 0.5) is 0 Å². The van der Waals surface area contributed by atoms with Gasteiger partial charge in [-0.1, -0.05) is 12.1 Å². The number of phenolic OH excluding ortho intramolecular Hbond substituents is 3. The summed E-state index contributed by atoms with van der Waals surface area (Å²) in [7, 11) is 0. The van der Waals surface area contributed by atoms with Crippen LogP contribution < -0.4 is 5.43 Å². The Morgan fingerprint density at radius 3 is 2.44 bits per heavy atom. The van der Waals surface area contributed by atoms with E-state index in [1.165, 1.54) is 0 Å². The number of para-hydroxylation sites is 1. The van der Waals surface area contributed by atoms with E-state index in [1.807, 2.05) is 0 Å². The Morgan fingerprint density at radius 2 is 1.67 bits per heavy atom. The minimum atomic E-state index is -0.731. The highest BCUT2D eigenvalue weighted by Gasteiger charge is 2.17. The lowest BCUT2D eigenvalue weighted by molar-refractivity contribution is 0.370. The van der Waals surface area contributed by atoms with Gasteiger partial charge in [0.2, 0.25) is 11.2 Å². The van der Waals surface area contributed by atoms with E-state index in [2.05, 4.69) is 0 Å². The number of rotatable bonds is 0. The van der Waals surface area contributed by atoms with Crippen molar-refractivity contribution in [3.8, 4) is 17.2 Å². The molecule has 1 heterocycles. The van der Waals surface area contributed by atoms with E-state index in [0.29, 0.717) is 11.0 Å². The molecule has 0 amide bonds. The van der Waals surface area contributed by atoms with Crippen LogP contribution in [0.5, 0.6) is 17.2 Å². The maximum atomic E-state index is 12.2. The molecule has 3 N–H and O–H groups in total. The molecule has 0 saturated heterocycles. The molecule has 0 saturated carbocycles. The molecule has 0 spiro atoms. The lowest BCUT2D eigenvalue weighted by Gasteiger charge is -2.05. The molecule has 0 bridgehead atoms.